The Morgan fingerprint density at radius 2 is 1.74 bits per heavy atom. The third-order valence-corrected chi connectivity index (χ3v) is 5.46. The Morgan fingerprint density at radius 3 is 2.38 bits per heavy atom. The topological polar surface area (TPSA) is 54.9 Å². The number of benzene rings is 2. The summed E-state index contributed by atoms with van der Waals surface area (Å²) in [6.07, 6.45) is -4.38. The number of ether oxygens (including phenoxy) is 2. The molecule has 0 unspecified atom stereocenters. The molecule has 0 spiro atoms. The van der Waals surface area contributed by atoms with Crippen molar-refractivity contribution in [2.45, 2.75) is 26.6 Å². The van der Waals surface area contributed by atoms with E-state index in [4.69, 9.17) is 4.74 Å². The molecule has 10 heteroatoms. The average Bonchev–Trinajstić information content (AvgIpc) is 2.78. The predicted octanol–water partition coefficient (Wildman–Crippen LogP) is 5.75. The quantitative estimate of drug-likeness (QED) is 0.440. The largest absolute Gasteiger partial charge is 0.573 e. The van der Waals surface area contributed by atoms with E-state index in [-0.39, 0.29) is 17.9 Å². The Hall–Kier alpha value is -3.82. The first-order chi connectivity index (χ1) is 16.1. The van der Waals surface area contributed by atoms with E-state index in [1.807, 2.05) is 6.92 Å². The van der Waals surface area contributed by atoms with Gasteiger partial charge in [0.25, 0.3) is 5.91 Å². The molecule has 34 heavy (non-hydrogen) atoms. The SMILES string of the molecule is CCc1nc(OC)ccc1N1CN(c2ccc(F)cc2C)c2cc(OC(F)(F)F)ccc2C1=O. The molecular formula is C24H21F4N3O3. The highest BCUT2D eigenvalue weighted by Crippen LogP contribution is 2.40. The van der Waals surface area contributed by atoms with E-state index in [1.165, 1.54) is 36.3 Å². The van der Waals surface area contributed by atoms with Crippen molar-refractivity contribution in [3.05, 3.63) is 71.2 Å². The van der Waals surface area contributed by atoms with E-state index in [2.05, 4.69) is 9.72 Å². The Morgan fingerprint density at radius 1 is 1.00 bits per heavy atom. The smallest absolute Gasteiger partial charge is 0.481 e. The van der Waals surface area contributed by atoms with Crippen molar-refractivity contribution in [1.29, 1.82) is 0 Å². The minimum absolute atomic E-state index is 0.0330. The summed E-state index contributed by atoms with van der Waals surface area (Å²) in [6.45, 7) is 3.53. The van der Waals surface area contributed by atoms with E-state index < -0.39 is 23.8 Å². The number of carbonyl (C=O) groups is 1. The number of halogens is 4. The molecule has 178 valence electrons. The fourth-order valence-electron chi connectivity index (χ4n) is 3.95. The number of alkyl halides is 3. The number of hydrogen-bond donors (Lipinski definition) is 0. The van der Waals surface area contributed by atoms with Crippen molar-refractivity contribution < 1.29 is 31.8 Å². The van der Waals surface area contributed by atoms with Crippen LogP contribution >= 0.6 is 0 Å². The maximum atomic E-state index is 13.8. The normalized spacial score (nSPS) is 13.7. The molecule has 3 aromatic rings. The highest BCUT2D eigenvalue weighted by atomic mass is 19.4. The molecule has 1 aromatic heterocycles. The van der Waals surface area contributed by atoms with E-state index >= 15 is 0 Å². The lowest BCUT2D eigenvalue weighted by Crippen LogP contribution is -2.45. The molecule has 1 amide bonds. The van der Waals surface area contributed by atoms with E-state index in [1.54, 1.807) is 24.0 Å². The lowest BCUT2D eigenvalue weighted by Gasteiger charge is -2.39. The van der Waals surface area contributed by atoms with Crippen molar-refractivity contribution in [2.75, 3.05) is 23.6 Å². The average molecular weight is 475 g/mol. The van der Waals surface area contributed by atoms with Crippen molar-refractivity contribution in [3.63, 3.8) is 0 Å². The Balaban J connectivity index is 1.87. The Bertz CT molecular complexity index is 1250. The zero-order valence-electron chi connectivity index (χ0n) is 18.6. The Kier molecular flexibility index (Phi) is 6.07. The number of methoxy groups -OCH3 is 1. The number of anilines is 3. The molecule has 4 rings (SSSR count). The molecule has 0 N–H and O–H groups in total. The standard InChI is InChI=1S/C24H21F4N3O3/c1-4-18-20(9-10-22(29-18)33-3)31-13-30(19-8-5-15(25)11-14(19)2)21-12-16(34-24(26,27)28)6-7-17(21)23(31)32/h5-12H,4,13H2,1-3H3. The van der Waals surface area contributed by atoms with E-state index in [0.29, 0.717) is 34.9 Å². The first-order valence-electron chi connectivity index (χ1n) is 10.4. The molecule has 0 aliphatic carbocycles. The molecule has 2 aromatic carbocycles. The summed E-state index contributed by atoms with van der Waals surface area (Å²) in [5, 5.41) is 0. The molecule has 0 bridgehead atoms. The second kappa shape index (κ2) is 8.85. The van der Waals surface area contributed by atoms with Gasteiger partial charge in [0, 0.05) is 17.8 Å². The minimum atomic E-state index is -4.89. The van der Waals surface area contributed by atoms with Gasteiger partial charge < -0.3 is 14.4 Å². The molecular weight excluding hydrogens is 454 g/mol. The first kappa shape index (κ1) is 23.3. The van der Waals surface area contributed by atoms with Gasteiger partial charge >= 0.3 is 6.36 Å². The van der Waals surface area contributed by atoms with Crippen LogP contribution in [0, 0.1) is 12.7 Å². The highest BCUT2D eigenvalue weighted by molar-refractivity contribution is 6.13. The summed E-state index contributed by atoms with van der Waals surface area (Å²) in [5.41, 5.74) is 2.62. The first-order valence-corrected chi connectivity index (χ1v) is 10.4. The molecule has 0 fully saturated rings. The monoisotopic (exact) mass is 475 g/mol. The Labute approximate surface area is 193 Å². The number of hydrogen-bond acceptors (Lipinski definition) is 5. The molecule has 2 heterocycles. The van der Waals surface area contributed by atoms with Crippen molar-refractivity contribution >= 4 is 23.0 Å². The van der Waals surface area contributed by atoms with Crippen molar-refractivity contribution in [3.8, 4) is 11.6 Å². The van der Waals surface area contributed by atoms with E-state index in [0.717, 1.165) is 12.1 Å². The number of aryl methyl sites for hydroxylation is 2. The maximum Gasteiger partial charge on any atom is 0.573 e. The van der Waals surface area contributed by atoms with Gasteiger partial charge in [0.2, 0.25) is 5.88 Å². The second-order valence-corrected chi connectivity index (χ2v) is 7.63. The molecule has 1 aliphatic rings. The predicted molar refractivity (Wildman–Crippen MR) is 118 cm³/mol. The lowest BCUT2D eigenvalue weighted by molar-refractivity contribution is -0.274. The fraction of sp³-hybridized carbons (Fsp3) is 0.250. The zero-order valence-corrected chi connectivity index (χ0v) is 18.6. The molecule has 0 radical (unpaired) electrons. The van der Waals surface area contributed by atoms with Crippen LogP contribution in [0.3, 0.4) is 0 Å². The van der Waals surface area contributed by atoms with E-state index in [9.17, 15) is 22.4 Å². The highest BCUT2D eigenvalue weighted by Gasteiger charge is 2.35. The van der Waals surface area contributed by atoms with Crippen LogP contribution in [0.4, 0.5) is 34.6 Å². The summed E-state index contributed by atoms with van der Waals surface area (Å²) in [6, 6.07) is 11.0. The minimum Gasteiger partial charge on any atom is -0.481 e. The third-order valence-electron chi connectivity index (χ3n) is 5.46. The molecule has 0 saturated carbocycles. The molecule has 6 nitrogen and oxygen atoms in total. The molecule has 0 saturated heterocycles. The summed E-state index contributed by atoms with van der Waals surface area (Å²) in [5.74, 6) is -0.928. The van der Waals surface area contributed by atoms with Gasteiger partial charge in [-0.1, -0.05) is 6.92 Å². The van der Waals surface area contributed by atoms with Crippen LogP contribution < -0.4 is 19.3 Å². The number of carbonyl (C=O) groups excluding carboxylic acids is 1. The number of rotatable bonds is 5. The van der Waals surface area contributed by atoms with Gasteiger partial charge in [0.1, 0.15) is 18.2 Å². The van der Waals surface area contributed by atoms with Gasteiger partial charge in [-0.05, 0) is 55.3 Å². The van der Waals surface area contributed by atoms with Crippen molar-refractivity contribution in [2.24, 2.45) is 0 Å². The van der Waals surface area contributed by atoms with Crippen molar-refractivity contribution in [1.82, 2.24) is 4.98 Å². The number of pyridine rings is 1. The number of nitrogens with zero attached hydrogens (tertiary/aromatic N) is 3. The van der Waals surface area contributed by atoms with Crippen LogP contribution in [0.25, 0.3) is 0 Å². The fourth-order valence-corrected chi connectivity index (χ4v) is 3.95. The second-order valence-electron chi connectivity index (χ2n) is 7.63. The van der Waals surface area contributed by atoms with Crippen LogP contribution in [0.2, 0.25) is 0 Å². The van der Waals surface area contributed by atoms with Crippen LogP contribution in [0.5, 0.6) is 11.6 Å². The van der Waals surface area contributed by atoms with Gasteiger partial charge in [-0.15, -0.1) is 13.2 Å². The molecule has 1 aliphatic heterocycles. The van der Waals surface area contributed by atoms with Gasteiger partial charge in [0.15, 0.2) is 0 Å². The zero-order chi connectivity index (χ0) is 24.6. The molecule has 0 atom stereocenters. The van der Waals surface area contributed by atoms with Gasteiger partial charge in [-0.25, -0.2) is 9.37 Å². The summed E-state index contributed by atoms with van der Waals surface area (Å²) in [4.78, 5) is 21.0. The summed E-state index contributed by atoms with van der Waals surface area (Å²) in [7, 11) is 1.49. The summed E-state index contributed by atoms with van der Waals surface area (Å²) < 4.78 is 61.6. The number of fused-ring (bicyclic) bond motifs is 1. The van der Waals surface area contributed by atoms with Crippen LogP contribution in [0.15, 0.2) is 48.5 Å². The maximum absolute atomic E-state index is 13.8. The van der Waals surface area contributed by atoms with Gasteiger partial charge in [-0.2, -0.15) is 0 Å². The summed E-state index contributed by atoms with van der Waals surface area (Å²) >= 11 is 0. The van der Waals surface area contributed by atoms with Crippen LogP contribution in [-0.4, -0.2) is 31.0 Å². The van der Waals surface area contributed by atoms with Gasteiger partial charge in [0.05, 0.1) is 29.7 Å². The number of amides is 1. The lowest BCUT2D eigenvalue weighted by atomic mass is 10.0. The third kappa shape index (κ3) is 4.48. The van der Waals surface area contributed by atoms with Crippen LogP contribution in [0.1, 0.15) is 28.5 Å². The van der Waals surface area contributed by atoms with Crippen LogP contribution in [-0.2, 0) is 6.42 Å². The number of aromatic nitrogens is 1. The van der Waals surface area contributed by atoms with Gasteiger partial charge in [-0.3, -0.25) is 9.69 Å².